The summed E-state index contributed by atoms with van der Waals surface area (Å²) >= 11 is 0. The van der Waals surface area contributed by atoms with Gasteiger partial charge in [-0.2, -0.15) is 25.0 Å². The van der Waals surface area contributed by atoms with Crippen LogP contribution >= 0.6 is 0 Å². The summed E-state index contributed by atoms with van der Waals surface area (Å²) in [7, 11) is 0. The number of hydrogen-bond acceptors (Lipinski definition) is 10. The molecule has 0 aliphatic carbocycles. The lowest BCUT2D eigenvalue weighted by Crippen LogP contribution is -2.16. The summed E-state index contributed by atoms with van der Waals surface area (Å²) < 4.78 is 6.48. The van der Waals surface area contributed by atoms with E-state index in [1.807, 2.05) is 0 Å². The molecule has 0 atom stereocenters. The van der Waals surface area contributed by atoms with Crippen LogP contribution in [0.3, 0.4) is 0 Å². The molecule has 108 valence electrons. The molecule has 3 aromatic rings. The summed E-state index contributed by atoms with van der Waals surface area (Å²) in [5.41, 5.74) is 2.38. The quantitative estimate of drug-likeness (QED) is 0.420. The van der Waals surface area contributed by atoms with Gasteiger partial charge in [-0.25, -0.2) is 10.5 Å². The molecule has 3 aromatic heterocycles. The molecular formula is C10H12N10O. The van der Waals surface area contributed by atoms with E-state index in [0.29, 0.717) is 23.6 Å². The maximum atomic E-state index is 5.35. The molecule has 3 heterocycles. The van der Waals surface area contributed by atoms with Gasteiger partial charge in [0.15, 0.2) is 5.82 Å². The van der Waals surface area contributed by atoms with E-state index in [9.17, 15) is 0 Å². The molecule has 0 amide bonds. The van der Waals surface area contributed by atoms with E-state index in [4.69, 9.17) is 10.4 Å². The van der Waals surface area contributed by atoms with Crippen LogP contribution in [0.25, 0.3) is 5.95 Å². The summed E-state index contributed by atoms with van der Waals surface area (Å²) in [6, 6.07) is 1.76. The first-order chi connectivity index (χ1) is 10.2. The molecule has 0 radical (unpaired) electrons. The van der Waals surface area contributed by atoms with Crippen LogP contribution in [0.4, 0.5) is 11.9 Å². The lowest BCUT2D eigenvalue weighted by molar-refractivity contribution is 0.379. The molecular weight excluding hydrogens is 276 g/mol. The van der Waals surface area contributed by atoms with Crippen molar-refractivity contribution >= 4 is 11.9 Å². The largest absolute Gasteiger partial charge is 0.345 e. The molecule has 0 saturated heterocycles. The average Bonchev–Trinajstić information content (AvgIpc) is 3.16. The van der Waals surface area contributed by atoms with Gasteiger partial charge in [-0.3, -0.25) is 5.43 Å². The monoisotopic (exact) mass is 288 g/mol. The van der Waals surface area contributed by atoms with Crippen molar-refractivity contribution in [2.45, 2.75) is 13.5 Å². The van der Waals surface area contributed by atoms with Crippen molar-refractivity contribution in [3.8, 4) is 5.95 Å². The fourth-order valence-corrected chi connectivity index (χ4v) is 1.56. The van der Waals surface area contributed by atoms with Gasteiger partial charge in [0.05, 0.1) is 6.54 Å². The lowest BCUT2D eigenvalue weighted by atomic mass is 10.6. The zero-order valence-electron chi connectivity index (χ0n) is 11.1. The molecule has 0 spiro atoms. The SMILES string of the molecule is Cc1noc(CNc2nc(NN)nc(-n3cccn3)n2)n1. The minimum Gasteiger partial charge on any atom is -0.345 e. The highest BCUT2D eigenvalue weighted by Gasteiger charge is 2.09. The first-order valence-electron chi connectivity index (χ1n) is 6.00. The van der Waals surface area contributed by atoms with E-state index in [0.717, 1.165) is 0 Å². The summed E-state index contributed by atoms with van der Waals surface area (Å²) in [5.74, 6) is 7.18. The third kappa shape index (κ3) is 2.92. The number of hydrogen-bond donors (Lipinski definition) is 3. The second-order valence-electron chi connectivity index (χ2n) is 3.97. The predicted molar refractivity (Wildman–Crippen MR) is 71.1 cm³/mol. The highest BCUT2D eigenvalue weighted by molar-refractivity contribution is 5.36. The summed E-state index contributed by atoms with van der Waals surface area (Å²) in [5, 5.41) is 10.7. The Bertz CT molecular complexity index is 721. The molecule has 0 aromatic carbocycles. The van der Waals surface area contributed by atoms with Crippen LogP contribution in [-0.4, -0.2) is 34.9 Å². The number of nitrogen functional groups attached to an aromatic ring is 1. The lowest BCUT2D eigenvalue weighted by Gasteiger charge is -2.06. The second kappa shape index (κ2) is 5.50. The number of hydrazine groups is 1. The van der Waals surface area contributed by atoms with E-state index < -0.39 is 0 Å². The molecule has 11 heteroatoms. The number of anilines is 2. The van der Waals surface area contributed by atoms with Crippen molar-refractivity contribution < 1.29 is 4.52 Å². The Balaban J connectivity index is 1.82. The van der Waals surface area contributed by atoms with Gasteiger partial charge in [0.2, 0.25) is 17.8 Å². The molecule has 4 N–H and O–H groups in total. The fraction of sp³-hybridized carbons (Fsp3) is 0.200. The van der Waals surface area contributed by atoms with Crippen molar-refractivity contribution in [1.82, 2.24) is 34.9 Å². The normalized spacial score (nSPS) is 10.6. The molecule has 3 rings (SSSR count). The van der Waals surface area contributed by atoms with Gasteiger partial charge < -0.3 is 9.84 Å². The second-order valence-corrected chi connectivity index (χ2v) is 3.97. The Morgan fingerprint density at radius 1 is 1.24 bits per heavy atom. The maximum Gasteiger partial charge on any atom is 0.257 e. The maximum absolute atomic E-state index is 5.35. The smallest absolute Gasteiger partial charge is 0.257 e. The highest BCUT2D eigenvalue weighted by atomic mass is 16.5. The van der Waals surface area contributed by atoms with Gasteiger partial charge in [-0.15, -0.1) is 0 Å². The van der Waals surface area contributed by atoms with Crippen LogP contribution < -0.4 is 16.6 Å². The number of nitrogens with zero attached hydrogens (tertiary/aromatic N) is 7. The van der Waals surface area contributed by atoms with E-state index in [1.165, 1.54) is 4.68 Å². The zero-order chi connectivity index (χ0) is 14.7. The van der Waals surface area contributed by atoms with Crippen molar-refractivity contribution in [1.29, 1.82) is 0 Å². The minimum atomic E-state index is 0.208. The molecule has 0 unspecified atom stereocenters. The Kier molecular flexibility index (Phi) is 3.39. The third-order valence-corrected chi connectivity index (χ3v) is 2.43. The molecule has 0 bridgehead atoms. The van der Waals surface area contributed by atoms with Crippen molar-refractivity contribution in [3.63, 3.8) is 0 Å². The number of rotatable bonds is 5. The van der Waals surface area contributed by atoms with Crippen LogP contribution in [-0.2, 0) is 6.54 Å². The van der Waals surface area contributed by atoms with Crippen LogP contribution in [0.15, 0.2) is 23.0 Å². The van der Waals surface area contributed by atoms with E-state index in [-0.39, 0.29) is 12.5 Å². The van der Waals surface area contributed by atoms with Gasteiger partial charge in [0, 0.05) is 12.4 Å². The molecule has 0 aliphatic rings. The minimum absolute atomic E-state index is 0.208. The van der Waals surface area contributed by atoms with Crippen molar-refractivity contribution in [2.24, 2.45) is 5.84 Å². The van der Waals surface area contributed by atoms with E-state index in [1.54, 1.807) is 25.4 Å². The van der Waals surface area contributed by atoms with Crippen LogP contribution in [0, 0.1) is 6.92 Å². The molecule has 21 heavy (non-hydrogen) atoms. The summed E-state index contributed by atoms with van der Waals surface area (Å²) in [6.45, 7) is 2.02. The van der Waals surface area contributed by atoms with E-state index >= 15 is 0 Å². The topological polar surface area (TPSA) is 145 Å². The summed E-state index contributed by atoms with van der Waals surface area (Å²) in [6.07, 6.45) is 3.33. The van der Waals surface area contributed by atoms with Gasteiger partial charge in [-0.1, -0.05) is 5.16 Å². The van der Waals surface area contributed by atoms with Gasteiger partial charge in [0.25, 0.3) is 5.95 Å². The first kappa shape index (κ1) is 12.9. The molecule has 0 saturated carbocycles. The zero-order valence-corrected chi connectivity index (χ0v) is 11.1. The van der Waals surface area contributed by atoms with Crippen molar-refractivity contribution in [2.75, 3.05) is 10.7 Å². The Morgan fingerprint density at radius 2 is 2.10 bits per heavy atom. The Morgan fingerprint density at radius 3 is 2.76 bits per heavy atom. The first-order valence-corrected chi connectivity index (χ1v) is 6.00. The standard InChI is InChI=1S/C10H12N10O/c1-6-14-7(21-19-6)5-12-8-15-9(18-11)17-10(16-8)20-4-2-3-13-20/h2-4H,5,11H2,1H3,(H2,12,15,16,17,18). The highest BCUT2D eigenvalue weighted by Crippen LogP contribution is 2.09. The molecule has 0 fully saturated rings. The average molecular weight is 288 g/mol. The molecule has 11 nitrogen and oxygen atoms in total. The van der Waals surface area contributed by atoms with Gasteiger partial charge in [-0.05, 0) is 13.0 Å². The number of nitrogens with two attached hydrogens (primary N) is 1. The third-order valence-electron chi connectivity index (χ3n) is 2.43. The van der Waals surface area contributed by atoms with E-state index in [2.05, 4.69) is 40.9 Å². The Labute approximate surface area is 118 Å². The van der Waals surface area contributed by atoms with Gasteiger partial charge in [0.1, 0.15) is 0 Å². The van der Waals surface area contributed by atoms with Crippen molar-refractivity contribution in [3.05, 3.63) is 30.2 Å². The van der Waals surface area contributed by atoms with Crippen LogP contribution in [0.1, 0.15) is 11.7 Å². The fourth-order valence-electron chi connectivity index (χ4n) is 1.56. The van der Waals surface area contributed by atoms with Gasteiger partial charge >= 0.3 is 0 Å². The Hall–Kier alpha value is -3.08. The van der Waals surface area contributed by atoms with Crippen LogP contribution in [0.5, 0.6) is 0 Å². The van der Waals surface area contributed by atoms with Crippen LogP contribution in [0.2, 0.25) is 0 Å². The summed E-state index contributed by atoms with van der Waals surface area (Å²) in [4.78, 5) is 16.5. The number of aryl methyl sites for hydroxylation is 1. The predicted octanol–water partition coefficient (Wildman–Crippen LogP) is -0.354. The number of aromatic nitrogens is 7. The molecule has 0 aliphatic heterocycles. The number of nitrogens with one attached hydrogen (secondary N) is 2.